The molecule has 0 radical (unpaired) electrons. The van der Waals surface area contributed by atoms with Gasteiger partial charge in [0.15, 0.2) is 0 Å². The Morgan fingerprint density at radius 2 is 2.10 bits per heavy atom. The predicted octanol–water partition coefficient (Wildman–Crippen LogP) is 1.40. The Bertz CT molecular complexity index is 446. The molecule has 2 rings (SSSR count). The van der Waals surface area contributed by atoms with Gasteiger partial charge >= 0.3 is 0 Å². The van der Waals surface area contributed by atoms with Crippen LogP contribution in [0, 0.1) is 0 Å². The summed E-state index contributed by atoms with van der Waals surface area (Å²) in [5, 5.41) is 6.53. The molecule has 1 aromatic rings. The van der Waals surface area contributed by atoms with Crippen molar-refractivity contribution < 1.29 is 4.79 Å². The van der Waals surface area contributed by atoms with Gasteiger partial charge in [-0.15, -0.1) is 0 Å². The van der Waals surface area contributed by atoms with Crippen molar-refractivity contribution in [1.29, 1.82) is 0 Å². The summed E-state index contributed by atoms with van der Waals surface area (Å²) in [6.07, 6.45) is 6.41. The molecule has 0 aliphatic carbocycles. The molecule has 2 heterocycles. The first-order chi connectivity index (χ1) is 10.1. The van der Waals surface area contributed by atoms with Crippen LogP contribution in [0.2, 0.25) is 0 Å². The summed E-state index contributed by atoms with van der Waals surface area (Å²) in [6.45, 7) is 7.57. The van der Waals surface area contributed by atoms with Crippen LogP contribution in [-0.4, -0.2) is 46.5 Å². The number of carbonyl (C=O) groups excluding carboxylic acids is 1. The number of aromatic nitrogens is 2. The largest absolute Gasteiger partial charge is 0.352 e. The number of anilines is 1. The van der Waals surface area contributed by atoms with E-state index in [1.54, 1.807) is 0 Å². The van der Waals surface area contributed by atoms with Gasteiger partial charge < -0.3 is 15.5 Å². The van der Waals surface area contributed by atoms with Crippen LogP contribution in [0.5, 0.6) is 0 Å². The van der Waals surface area contributed by atoms with Crippen LogP contribution in [-0.2, 0) is 11.3 Å². The van der Waals surface area contributed by atoms with Crippen molar-refractivity contribution in [2.24, 2.45) is 0 Å². The van der Waals surface area contributed by atoms with Crippen LogP contribution in [0.25, 0.3) is 0 Å². The Morgan fingerprint density at radius 3 is 2.71 bits per heavy atom. The van der Waals surface area contributed by atoms with Crippen LogP contribution in [0.1, 0.15) is 38.7 Å². The van der Waals surface area contributed by atoms with E-state index in [4.69, 9.17) is 0 Å². The monoisotopic (exact) mass is 291 g/mol. The van der Waals surface area contributed by atoms with E-state index < -0.39 is 0 Å². The second-order valence-electron chi connectivity index (χ2n) is 5.73. The van der Waals surface area contributed by atoms with E-state index in [9.17, 15) is 4.79 Å². The van der Waals surface area contributed by atoms with Gasteiger partial charge in [-0.2, -0.15) is 0 Å². The predicted molar refractivity (Wildman–Crippen MR) is 82.9 cm³/mol. The highest BCUT2D eigenvalue weighted by Gasteiger charge is 2.18. The van der Waals surface area contributed by atoms with Crippen LogP contribution < -0.4 is 10.6 Å². The minimum atomic E-state index is 0.302. The van der Waals surface area contributed by atoms with Gasteiger partial charge in [0.2, 0.25) is 11.9 Å². The van der Waals surface area contributed by atoms with Gasteiger partial charge in [-0.3, -0.25) is 4.79 Å². The highest BCUT2D eigenvalue weighted by molar-refractivity contribution is 5.77. The lowest BCUT2D eigenvalue weighted by molar-refractivity contribution is -0.127. The van der Waals surface area contributed by atoms with Crippen molar-refractivity contribution in [3.63, 3.8) is 0 Å². The van der Waals surface area contributed by atoms with E-state index in [1.807, 2.05) is 17.3 Å². The Balaban J connectivity index is 1.61. The minimum Gasteiger partial charge on any atom is -0.352 e. The summed E-state index contributed by atoms with van der Waals surface area (Å²) in [5.74, 6) is 0.970. The Kier molecular flexibility index (Phi) is 5.92. The fourth-order valence-corrected chi connectivity index (χ4v) is 2.35. The first-order valence-corrected chi connectivity index (χ1v) is 7.71. The number of amides is 1. The van der Waals surface area contributed by atoms with E-state index in [0.29, 0.717) is 17.9 Å². The molecule has 1 saturated heterocycles. The molecule has 1 aromatic heterocycles. The highest BCUT2D eigenvalue weighted by atomic mass is 16.2. The topological polar surface area (TPSA) is 70.2 Å². The zero-order valence-corrected chi connectivity index (χ0v) is 12.9. The van der Waals surface area contributed by atoms with Crippen LogP contribution in [0.3, 0.4) is 0 Å². The quantitative estimate of drug-likeness (QED) is 0.709. The lowest BCUT2D eigenvalue weighted by atomic mass is 10.3. The summed E-state index contributed by atoms with van der Waals surface area (Å²) < 4.78 is 0. The molecule has 6 heteroatoms. The summed E-state index contributed by atoms with van der Waals surface area (Å²) in [6, 6.07) is 0.335. The lowest BCUT2D eigenvalue weighted by Crippen LogP contribution is -2.28. The highest BCUT2D eigenvalue weighted by Crippen LogP contribution is 2.09. The summed E-state index contributed by atoms with van der Waals surface area (Å²) >= 11 is 0. The van der Waals surface area contributed by atoms with Crippen molar-refractivity contribution in [3.8, 4) is 0 Å². The smallest absolute Gasteiger partial charge is 0.222 e. The van der Waals surface area contributed by atoms with Gasteiger partial charge in [0.1, 0.15) is 0 Å². The van der Waals surface area contributed by atoms with E-state index >= 15 is 0 Å². The third-order valence-electron chi connectivity index (χ3n) is 3.41. The number of likely N-dealkylation sites (tertiary alicyclic amines) is 1. The van der Waals surface area contributed by atoms with Crippen molar-refractivity contribution in [1.82, 2.24) is 20.2 Å². The third kappa shape index (κ3) is 5.30. The minimum absolute atomic E-state index is 0.302. The number of nitrogens with one attached hydrogen (secondary N) is 2. The molecular formula is C15H25N5O. The van der Waals surface area contributed by atoms with Gasteiger partial charge in [0, 0.05) is 50.1 Å². The zero-order valence-electron chi connectivity index (χ0n) is 12.9. The fraction of sp³-hybridized carbons (Fsp3) is 0.667. The van der Waals surface area contributed by atoms with Crippen molar-refractivity contribution in [3.05, 3.63) is 18.0 Å². The van der Waals surface area contributed by atoms with Gasteiger partial charge in [-0.25, -0.2) is 9.97 Å². The van der Waals surface area contributed by atoms with Crippen LogP contribution in [0.15, 0.2) is 12.4 Å². The van der Waals surface area contributed by atoms with Crippen LogP contribution >= 0.6 is 0 Å². The van der Waals surface area contributed by atoms with Gasteiger partial charge in [0.05, 0.1) is 0 Å². The second kappa shape index (κ2) is 7.93. The molecular weight excluding hydrogens is 266 g/mol. The molecule has 0 unspecified atom stereocenters. The first kappa shape index (κ1) is 15.7. The average Bonchev–Trinajstić information content (AvgIpc) is 2.85. The molecule has 0 aromatic carbocycles. The normalized spacial score (nSPS) is 15.0. The molecule has 0 bridgehead atoms. The Morgan fingerprint density at radius 1 is 1.33 bits per heavy atom. The molecule has 1 aliphatic rings. The Labute approximate surface area is 126 Å². The van der Waals surface area contributed by atoms with Gasteiger partial charge in [-0.1, -0.05) is 0 Å². The zero-order chi connectivity index (χ0) is 15.1. The molecule has 1 amide bonds. The van der Waals surface area contributed by atoms with Gasteiger partial charge in [-0.05, 0) is 33.2 Å². The summed E-state index contributed by atoms with van der Waals surface area (Å²) in [5.41, 5.74) is 1.07. The van der Waals surface area contributed by atoms with Crippen molar-refractivity contribution in [2.45, 2.75) is 45.7 Å². The molecule has 0 saturated carbocycles. The molecule has 0 spiro atoms. The lowest BCUT2D eigenvalue weighted by Gasteiger charge is -2.15. The molecule has 21 heavy (non-hydrogen) atoms. The molecule has 116 valence electrons. The third-order valence-corrected chi connectivity index (χ3v) is 3.41. The van der Waals surface area contributed by atoms with E-state index in [0.717, 1.165) is 51.0 Å². The fourth-order valence-electron chi connectivity index (χ4n) is 2.35. The molecule has 1 fully saturated rings. The average molecular weight is 291 g/mol. The van der Waals surface area contributed by atoms with E-state index in [2.05, 4.69) is 34.4 Å². The summed E-state index contributed by atoms with van der Waals surface area (Å²) in [4.78, 5) is 22.0. The maximum Gasteiger partial charge on any atom is 0.222 e. The molecule has 1 aliphatic heterocycles. The van der Waals surface area contributed by atoms with E-state index in [1.165, 1.54) is 0 Å². The molecule has 6 nitrogen and oxygen atoms in total. The number of rotatable bonds is 8. The SMILES string of the molecule is CC(C)Nc1ncc(CNCCCN2CCCC2=O)cn1. The van der Waals surface area contributed by atoms with E-state index in [-0.39, 0.29) is 0 Å². The van der Waals surface area contributed by atoms with Crippen molar-refractivity contribution in [2.75, 3.05) is 25.0 Å². The van der Waals surface area contributed by atoms with Gasteiger partial charge in [0.25, 0.3) is 0 Å². The van der Waals surface area contributed by atoms with Crippen molar-refractivity contribution >= 4 is 11.9 Å². The molecule has 0 atom stereocenters. The maximum atomic E-state index is 11.5. The number of hydrogen-bond acceptors (Lipinski definition) is 5. The first-order valence-electron chi connectivity index (χ1n) is 7.71. The Hall–Kier alpha value is -1.69. The number of nitrogens with zero attached hydrogens (tertiary/aromatic N) is 3. The second-order valence-corrected chi connectivity index (χ2v) is 5.73. The number of carbonyl (C=O) groups is 1. The van der Waals surface area contributed by atoms with Crippen LogP contribution in [0.4, 0.5) is 5.95 Å². The maximum absolute atomic E-state index is 11.5. The summed E-state index contributed by atoms with van der Waals surface area (Å²) in [7, 11) is 0. The standard InChI is InChI=1S/C15H25N5O/c1-12(2)19-15-17-10-13(11-18-15)9-16-6-4-8-20-7-3-5-14(20)21/h10-12,16H,3-9H2,1-2H3,(H,17,18,19). The number of hydrogen-bond donors (Lipinski definition) is 2. The molecule has 2 N–H and O–H groups in total.